The average molecular weight is 1630 g/mol. The first-order chi connectivity index (χ1) is 53.4. The lowest BCUT2D eigenvalue weighted by Gasteiger charge is -2.42. The number of ether oxygens (including phenoxy) is 6. The zero-order chi connectivity index (χ0) is 83.1. The van der Waals surface area contributed by atoms with Crippen LogP contribution in [-0.4, -0.2) is 312 Å². The van der Waals surface area contributed by atoms with Gasteiger partial charge in [0.1, 0.15) is 91.2 Å². The molecule has 0 aromatic carbocycles. The van der Waals surface area contributed by atoms with Gasteiger partial charge in [0.2, 0.25) is 65.0 Å². The van der Waals surface area contributed by atoms with Crippen molar-refractivity contribution in [3.8, 4) is 0 Å². The minimum atomic E-state index is -4.08. The van der Waals surface area contributed by atoms with Crippen LogP contribution in [0.1, 0.15) is 182 Å². The van der Waals surface area contributed by atoms with Gasteiger partial charge < -0.3 is 138 Å². The first-order valence-electron chi connectivity index (χ1n) is 38.7. The molecule has 3 aliphatic rings. The molecule has 41 nitrogen and oxygen atoms in total. The molecule has 0 radical (unpaired) electrons. The highest BCUT2D eigenvalue weighted by molar-refractivity contribution is 7.47. The van der Waals surface area contributed by atoms with Crippen molar-refractivity contribution in [2.24, 2.45) is 0 Å². The van der Waals surface area contributed by atoms with Gasteiger partial charge in [-0.05, 0) is 116 Å². The number of phosphoric ester groups is 1. The molecule has 3 aliphatic heterocycles. The van der Waals surface area contributed by atoms with Crippen molar-refractivity contribution in [3.63, 3.8) is 0 Å². The Morgan fingerprint density at radius 1 is 0.357 bits per heavy atom. The van der Waals surface area contributed by atoms with E-state index in [0.29, 0.717) is 96.4 Å². The smallest absolute Gasteiger partial charge is 0.394 e. The number of nitrogens with one attached hydrogen (secondary N) is 11. The number of aliphatic hydroxyl groups is 9. The van der Waals surface area contributed by atoms with E-state index in [9.17, 15) is 108 Å². The minimum absolute atomic E-state index is 0.0112. The molecular weight excluding hydrogens is 1510 g/mol. The van der Waals surface area contributed by atoms with E-state index >= 15 is 0 Å². The maximum absolute atomic E-state index is 14.6. The Balaban J connectivity index is 1.70. The zero-order valence-corrected chi connectivity index (χ0v) is 65.8. The van der Waals surface area contributed by atoms with Crippen molar-refractivity contribution >= 4 is 72.8 Å². The SMILES string of the molecule is COP(=O)(O)OCCCCCCNC(=O)CCCNC(=O)[C@H](CCCCNC(=O)CCCCO[C@@H]1O[C@H](CO)[C@H](O)[C@H](O)[C@H]1NC(C)=O)NC(=O)[C@H](CCCCNC(=O)CCCCO[C@@H]1O[C@H](CO)[C@H](O)[C@H](O)[C@H]1NC(C)=O)NC(=O)[C@H](CCCCNC(=O)CCCCO[C@@H]1O[C@H](CO)[C@H](O)[C@H](O)[C@H]1NC(C)=O)NC(C)=O. The van der Waals surface area contributed by atoms with Crippen LogP contribution in [0.5, 0.6) is 0 Å². The number of hydrogen-bond acceptors (Lipinski definition) is 29. The molecule has 3 saturated heterocycles. The van der Waals surface area contributed by atoms with Crippen LogP contribution < -0.4 is 58.5 Å². The third-order valence-corrected chi connectivity index (χ3v) is 19.4. The number of unbranched alkanes of at least 4 members (excludes halogenated alkanes) is 9. The molecule has 11 amide bonds. The molecule has 0 bridgehead atoms. The van der Waals surface area contributed by atoms with Gasteiger partial charge in [-0.25, -0.2) is 4.57 Å². The van der Waals surface area contributed by atoms with Gasteiger partial charge in [-0.1, -0.05) is 12.8 Å². The molecular formula is C70H126N11O30P. The number of rotatable bonds is 58. The Kier molecular flexibility index (Phi) is 50.0. The van der Waals surface area contributed by atoms with Crippen LogP contribution in [0.4, 0.5) is 0 Å². The highest BCUT2D eigenvalue weighted by Crippen LogP contribution is 2.42. The molecule has 0 aliphatic carbocycles. The quantitative estimate of drug-likeness (QED) is 0.0200. The lowest BCUT2D eigenvalue weighted by atomic mass is 9.97. The first kappa shape index (κ1) is 99.9. The van der Waals surface area contributed by atoms with Crippen LogP contribution in [-0.2, 0) is 94.8 Å². The number of phosphoric acid groups is 1. The molecule has 112 heavy (non-hydrogen) atoms. The second-order valence-electron chi connectivity index (χ2n) is 27.8. The van der Waals surface area contributed by atoms with E-state index in [0.717, 1.165) is 7.11 Å². The molecule has 3 rings (SSSR count). The predicted octanol–water partition coefficient (Wildman–Crippen LogP) is -4.95. The summed E-state index contributed by atoms with van der Waals surface area (Å²) in [4.78, 5) is 152. The fourth-order valence-corrected chi connectivity index (χ4v) is 12.7. The van der Waals surface area contributed by atoms with Gasteiger partial charge in [0.25, 0.3) is 0 Å². The Hall–Kier alpha value is -6.32. The van der Waals surface area contributed by atoms with Gasteiger partial charge in [0.15, 0.2) is 18.9 Å². The standard InChI is InChI=1S/C70H126N11O30P/c1-42(85)76-47(24-9-16-32-73-53(90)27-12-20-36-106-69-57(78-44(3)87)63(97)60(94)50(40-83)110-69)66(100)81-48(25-10-17-33-74-54(91)28-13-21-37-107-70-58(79-45(4)88)64(98)61(95)51(41-84)111-70)67(101)80-46(65(99)75-34-22-29-55(92)71-30-14-6-7-18-38-108-112(102,103)104-5)23-8-15-31-72-52(89)26-11-19-35-105-68-56(77-43(2)86)62(96)59(93)49(39-82)109-68/h46-51,56-64,68-70,82-84,93-98H,6-41H2,1-5H3,(H,71,92)(H,72,89)(H,73,90)(H,74,91)(H,75,99)(H,76,85)(H,77,86)(H,78,87)(H,79,88)(H,80,101)(H,81,100)(H,102,103)/t46-,47-,48-,49+,50+,51+,56+,57+,58+,59-,60-,61-,62+,63+,64+,68+,69+,70+/m0/s1. The molecule has 21 N–H and O–H groups in total. The van der Waals surface area contributed by atoms with Gasteiger partial charge >= 0.3 is 7.82 Å². The highest BCUT2D eigenvalue weighted by atomic mass is 31.2. The van der Waals surface area contributed by atoms with Gasteiger partial charge in [0.05, 0.1) is 26.4 Å². The summed E-state index contributed by atoms with van der Waals surface area (Å²) in [6.45, 7) is 3.88. The lowest BCUT2D eigenvalue weighted by molar-refractivity contribution is -0.270. The molecule has 0 aromatic rings. The molecule has 3 fully saturated rings. The summed E-state index contributed by atoms with van der Waals surface area (Å²) in [7, 11) is -3.01. The molecule has 19 atom stereocenters. The van der Waals surface area contributed by atoms with E-state index in [1.807, 2.05) is 0 Å². The van der Waals surface area contributed by atoms with Gasteiger partial charge in [-0.2, -0.15) is 0 Å². The van der Waals surface area contributed by atoms with E-state index < -0.39 is 179 Å². The topological polar surface area (TPSA) is 613 Å². The fourth-order valence-electron chi connectivity index (χ4n) is 12.3. The highest BCUT2D eigenvalue weighted by Gasteiger charge is 2.48. The average Bonchev–Trinajstić information content (AvgIpc) is 0.819. The third-order valence-electron chi connectivity index (χ3n) is 18.4. The van der Waals surface area contributed by atoms with Crippen molar-refractivity contribution in [2.45, 2.75) is 292 Å². The number of carbonyl (C=O) groups is 11. The Morgan fingerprint density at radius 3 is 0.973 bits per heavy atom. The van der Waals surface area contributed by atoms with Crippen molar-refractivity contribution in [1.29, 1.82) is 0 Å². The number of carbonyl (C=O) groups excluding carboxylic acids is 11. The van der Waals surface area contributed by atoms with Crippen LogP contribution in [0, 0.1) is 0 Å². The molecule has 646 valence electrons. The van der Waals surface area contributed by atoms with E-state index in [-0.39, 0.29) is 140 Å². The largest absolute Gasteiger partial charge is 0.471 e. The number of amides is 11. The van der Waals surface area contributed by atoms with Crippen LogP contribution >= 0.6 is 7.82 Å². The first-order valence-corrected chi connectivity index (χ1v) is 40.2. The minimum Gasteiger partial charge on any atom is -0.394 e. The second kappa shape index (κ2) is 56.1. The maximum atomic E-state index is 14.6. The van der Waals surface area contributed by atoms with Gasteiger partial charge in [-0.3, -0.25) is 61.8 Å². The zero-order valence-electron chi connectivity index (χ0n) is 64.9. The second-order valence-corrected chi connectivity index (χ2v) is 29.4. The summed E-state index contributed by atoms with van der Waals surface area (Å²) < 4.78 is 54.7. The summed E-state index contributed by atoms with van der Waals surface area (Å²) in [5.41, 5.74) is 0. The van der Waals surface area contributed by atoms with Crippen LogP contribution in [0.3, 0.4) is 0 Å². The third kappa shape index (κ3) is 39.8. The van der Waals surface area contributed by atoms with Crippen molar-refractivity contribution in [2.75, 3.05) is 86.1 Å². The monoisotopic (exact) mass is 1630 g/mol. The van der Waals surface area contributed by atoms with E-state index in [4.69, 9.17) is 32.9 Å². The summed E-state index contributed by atoms with van der Waals surface area (Å²) in [5, 5.41) is 121. The summed E-state index contributed by atoms with van der Waals surface area (Å²) in [6, 6.07) is -7.16. The molecule has 3 heterocycles. The van der Waals surface area contributed by atoms with E-state index in [2.05, 4.69) is 63.0 Å². The van der Waals surface area contributed by atoms with Crippen molar-refractivity contribution in [1.82, 2.24) is 58.5 Å². The van der Waals surface area contributed by atoms with Crippen molar-refractivity contribution < 1.29 is 146 Å². The summed E-state index contributed by atoms with van der Waals surface area (Å²) in [5.74, 6) is -5.53. The van der Waals surface area contributed by atoms with E-state index in [1.54, 1.807) is 0 Å². The Labute approximate surface area is 652 Å². The van der Waals surface area contributed by atoms with Crippen molar-refractivity contribution in [3.05, 3.63) is 0 Å². The Bertz CT molecular complexity index is 2880. The van der Waals surface area contributed by atoms with E-state index in [1.165, 1.54) is 27.7 Å². The molecule has 0 saturated carbocycles. The number of aliphatic hydroxyl groups excluding tert-OH is 9. The van der Waals surface area contributed by atoms with Crippen LogP contribution in [0.15, 0.2) is 0 Å². The fraction of sp³-hybridized carbons (Fsp3) is 0.843. The van der Waals surface area contributed by atoms with Gasteiger partial charge in [0, 0.05) is 113 Å². The predicted molar refractivity (Wildman–Crippen MR) is 394 cm³/mol. The van der Waals surface area contributed by atoms with Gasteiger partial charge in [-0.15, -0.1) is 0 Å². The maximum Gasteiger partial charge on any atom is 0.471 e. The van der Waals surface area contributed by atoms with Crippen LogP contribution in [0.2, 0.25) is 0 Å². The normalized spacial score (nSPS) is 25.0. The van der Waals surface area contributed by atoms with Crippen LogP contribution in [0.25, 0.3) is 0 Å². The lowest BCUT2D eigenvalue weighted by Crippen LogP contribution is -2.64. The molecule has 0 aromatic heterocycles. The number of hydrogen-bond donors (Lipinski definition) is 21. The summed E-state index contributed by atoms with van der Waals surface area (Å²) in [6.07, 6.45) is -9.38. The molecule has 1 unspecified atom stereocenters. The molecule has 0 spiro atoms. The summed E-state index contributed by atoms with van der Waals surface area (Å²) >= 11 is 0. The molecule has 42 heteroatoms. The Morgan fingerprint density at radius 2 is 0.652 bits per heavy atom.